The Morgan fingerprint density at radius 3 is 2.67 bits per heavy atom. The third-order valence-corrected chi connectivity index (χ3v) is 6.94. The van der Waals surface area contributed by atoms with E-state index in [0.29, 0.717) is 29.8 Å². The van der Waals surface area contributed by atoms with Crippen LogP contribution in [0.15, 0.2) is 35.5 Å². The van der Waals surface area contributed by atoms with Gasteiger partial charge in [-0.3, -0.25) is 9.69 Å². The van der Waals surface area contributed by atoms with E-state index in [4.69, 9.17) is 4.74 Å². The van der Waals surface area contributed by atoms with Crippen LogP contribution in [0.4, 0.5) is 4.79 Å². The number of hydrogen-bond acceptors (Lipinski definition) is 3. The lowest BCUT2D eigenvalue weighted by atomic mass is 9.93. The zero-order valence-corrected chi connectivity index (χ0v) is 15.8. The van der Waals surface area contributed by atoms with Crippen molar-refractivity contribution in [2.24, 2.45) is 11.8 Å². The maximum absolute atomic E-state index is 13.5. The first kappa shape index (κ1) is 16.7. The summed E-state index contributed by atoms with van der Waals surface area (Å²) in [4.78, 5) is 29.7. The average molecular weight is 367 g/mol. The fraction of sp³-hybridized carbons (Fsp3) is 0.524. The smallest absolute Gasteiger partial charge is 0.322 e. The predicted molar refractivity (Wildman–Crippen MR) is 100 cm³/mol. The Morgan fingerprint density at radius 2 is 1.96 bits per heavy atom. The first-order valence-corrected chi connectivity index (χ1v) is 9.79. The summed E-state index contributed by atoms with van der Waals surface area (Å²) in [6.07, 6.45) is 4.90. The second-order valence-corrected chi connectivity index (χ2v) is 8.22. The highest BCUT2D eigenvalue weighted by Crippen LogP contribution is 2.49. The number of amides is 3. The molecule has 0 saturated heterocycles. The van der Waals surface area contributed by atoms with Crippen molar-refractivity contribution in [3.05, 3.63) is 41.1 Å². The van der Waals surface area contributed by atoms with Crippen molar-refractivity contribution in [3.63, 3.8) is 0 Å². The van der Waals surface area contributed by atoms with Gasteiger partial charge < -0.3 is 15.0 Å². The summed E-state index contributed by atoms with van der Waals surface area (Å²) in [5.74, 6) is 2.16. The molecule has 5 rings (SSSR count). The van der Waals surface area contributed by atoms with E-state index in [-0.39, 0.29) is 11.9 Å². The van der Waals surface area contributed by atoms with E-state index in [2.05, 4.69) is 5.32 Å². The molecule has 4 unspecified atom stereocenters. The predicted octanol–water partition coefficient (Wildman–Crippen LogP) is 2.68. The second kappa shape index (κ2) is 6.01. The van der Waals surface area contributed by atoms with Gasteiger partial charge in [0.25, 0.3) is 5.91 Å². The van der Waals surface area contributed by atoms with E-state index in [1.54, 1.807) is 19.1 Å². The molecule has 1 aromatic rings. The van der Waals surface area contributed by atoms with E-state index in [9.17, 15) is 9.59 Å². The Balaban J connectivity index is 1.53. The van der Waals surface area contributed by atoms with Gasteiger partial charge in [0, 0.05) is 18.7 Å². The summed E-state index contributed by atoms with van der Waals surface area (Å²) in [6.45, 7) is 0.539. The second-order valence-electron chi connectivity index (χ2n) is 8.22. The summed E-state index contributed by atoms with van der Waals surface area (Å²) >= 11 is 0. The number of para-hydroxylation sites is 1. The SMILES string of the molecule is COc1ccccc1C1NC(=O)N(C)C2=C1C(=O)N(C1CC3CCC1C3)C2. The molecule has 2 saturated carbocycles. The number of nitrogens with one attached hydrogen (secondary N) is 1. The van der Waals surface area contributed by atoms with Crippen LogP contribution in [0, 0.1) is 11.8 Å². The summed E-state index contributed by atoms with van der Waals surface area (Å²) in [5, 5.41) is 3.01. The van der Waals surface area contributed by atoms with Crippen LogP contribution in [-0.2, 0) is 4.79 Å². The lowest BCUT2D eigenvalue weighted by Gasteiger charge is -2.32. The van der Waals surface area contributed by atoms with Gasteiger partial charge in [0.05, 0.1) is 31.0 Å². The number of urea groups is 1. The number of likely N-dealkylation sites (N-methyl/N-ethyl adjacent to an activating group) is 1. The van der Waals surface area contributed by atoms with Crippen molar-refractivity contribution in [2.45, 2.75) is 37.8 Å². The Kier molecular flexibility index (Phi) is 3.71. The lowest BCUT2D eigenvalue weighted by molar-refractivity contribution is -0.128. The molecular formula is C21H25N3O3. The topological polar surface area (TPSA) is 61.9 Å². The molecule has 1 aromatic carbocycles. The summed E-state index contributed by atoms with van der Waals surface area (Å²) in [7, 11) is 3.36. The van der Waals surface area contributed by atoms with Gasteiger partial charge >= 0.3 is 6.03 Å². The molecule has 2 aliphatic heterocycles. The van der Waals surface area contributed by atoms with Crippen molar-refractivity contribution in [2.75, 3.05) is 20.7 Å². The van der Waals surface area contributed by atoms with Crippen LogP contribution in [0.2, 0.25) is 0 Å². The van der Waals surface area contributed by atoms with E-state index >= 15 is 0 Å². The monoisotopic (exact) mass is 367 g/mol. The average Bonchev–Trinajstić information content (AvgIpc) is 3.39. The largest absolute Gasteiger partial charge is 0.496 e. The van der Waals surface area contributed by atoms with E-state index in [1.807, 2.05) is 29.2 Å². The molecule has 0 spiro atoms. The van der Waals surface area contributed by atoms with Gasteiger partial charge in [-0.1, -0.05) is 24.6 Å². The Bertz CT molecular complexity index is 849. The van der Waals surface area contributed by atoms with Crippen LogP contribution in [-0.4, -0.2) is 48.5 Å². The molecule has 6 nitrogen and oxygen atoms in total. The molecule has 4 aliphatic rings. The number of ether oxygens (including phenoxy) is 1. The number of rotatable bonds is 3. The van der Waals surface area contributed by atoms with Crippen molar-refractivity contribution in [3.8, 4) is 5.75 Å². The summed E-state index contributed by atoms with van der Waals surface area (Å²) < 4.78 is 5.50. The minimum atomic E-state index is -0.462. The number of carbonyl (C=O) groups excluding carboxylic acids is 2. The van der Waals surface area contributed by atoms with Gasteiger partial charge in [0.2, 0.25) is 0 Å². The minimum absolute atomic E-state index is 0.0744. The molecule has 2 heterocycles. The van der Waals surface area contributed by atoms with Gasteiger partial charge in [-0.15, -0.1) is 0 Å². The number of carbonyl (C=O) groups is 2. The van der Waals surface area contributed by atoms with Crippen LogP contribution in [0.5, 0.6) is 5.75 Å². The quantitative estimate of drug-likeness (QED) is 0.893. The van der Waals surface area contributed by atoms with Crippen LogP contribution >= 0.6 is 0 Å². The zero-order valence-electron chi connectivity index (χ0n) is 15.8. The standard InChI is InChI=1S/C21H25N3O3/c1-23-16-11-24(15-10-12-7-8-13(15)9-12)20(25)18(16)19(22-21(23)26)14-5-3-4-6-17(14)27-2/h3-6,12-13,15,19H,7-11H2,1-2H3,(H,22,26). The maximum Gasteiger partial charge on any atom is 0.322 e. The first-order chi connectivity index (χ1) is 13.1. The number of methoxy groups -OCH3 is 1. The van der Waals surface area contributed by atoms with Crippen LogP contribution in [0.1, 0.15) is 37.3 Å². The lowest BCUT2D eigenvalue weighted by Crippen LogP contribution is -2.45. The van der Waals surface area contributed by atoms with Crippen molar-refractivity contribution >= 4 is 11.9 Å². The highest BCUT2D eigenvalue weighted by molar-refractivity contribution is 6.01. The maximum atomic E-state index is 13.5. The van der Waals surface area contributed by atoms with E-state index < -0.39 is 6.04 Å². The zero-order chi connectivity index (χ0) is 18.7. The molecular weight excluding hydrogens is 342 g/mol. The van der Waals surface area contributed by atoms with Gasteiger partial charge in [-0.05, 0) is 37.2 Å². The van der Waals surface area contributed by atoms with Gasteiger partial charge in [-0.25, -0.2) is 4.79 Å². The molecule has 142 valence electrons. The van der Waals surface area contributed by atoms with E-state index in [1.165, 1.54) is 19.3 Å². The third kappa shape index (κ3) is 2.38. The van der Waals surface area contributed by atoms with Crippen LogP contribution in [0.25, 0.3) is 0 Å². The Hall–Kier alpha value is -2.50. The van der Waals surface area contributed by atoms with Crippen molar-refractivity contribution in [1.82, 2.24) is 15.1 Å². The fourth-order valence-corrected chi connectivity index (χ4v) is 5.59. The van der Waals surface area contributed by atoms with Crippen LogP contribution in [0.3, 0.4) is 0 Å². The first-order valence-electron chi connectivity index (χ1n) is 9.79. The number of fused-ring (bicyclic) bond motifs is 2. The van der Waals surface area contributed by atoms with Gasteiger partial charge in [-0.2, -0.15) is 0 Å². The molecule has 0 aromatic heterocycles. The Morgan fingerprint density at radius 1 is 1.15 bits per heavy atom. The molecule has 6 heteroatoms. The molecule has 27 heavy (non-hydrogen) atoms. The molecule has 1 N–H and O–H groups in total. The molecule has 0 radical (unpaired) electrons. The Labute approximate surface area is 159 Å². The normalized spacial score (nSPS) is 32.2. The van der Waals surface area contributed by atoms with Gasteiger partial charge in [0.15, 0.2) is 0 Å². The molecule has 2 bridgehead atoms. The number of nitrogens with zero attached hydrogens (tertiary/aromatic N) is 2. The number of benzene rings is 1. The molecule has 2 fully saturated rings. The molecule has 3 amide bonds. The summed E-state index contributed by atoms with van der Waals surface area (Å²) in [5.41, 5.74) is 2.36. The van der Waals surface area contributed by atoms with Crippen molar-refractivity contribution < 1.29 is 14.3 Å². The van der Waals surface area contributed by atoms with E-state index in [0.717, 1.165) is 23.6 Å². The third-order valence-electron chi connectivity index (χ3n) is 6.94. The number of hydrogen-bond donors (Lipinski definition) is 1. The van der Waals surface area contributed by atoms with Crippen molar-refractivity contribution in [1.29, 1.82) is 0 Å². The fourth-order valence-electron chi connectivity index (χ4n) is 5.59. The highest BCUT2D eigenvalue weighted by Gasteiger charge is 2.50. The molecule has 4 atom stereocenters. The van der Waals surface area contributed by atoms with Gasteiger partial charge in [0.1, 0.15) is 5.75 Å². The summed E-state index contributed by atoms with van der Waals surface area (Å²) in [6, 6.07) is 7.29. The molecule has 2 aliphatic carbocycles. The minimum Gasteiger partial charge on any atom is -0.496 e. The van der Waals surface area contributed by atoms with Crippen LogP contribution < -0.4 is 10.1 Å². The highest BCUT2D eigenvalue weighted by atomic mass is 16.5.